The van der Waals surface area contributed by atoms with E-state index in [2.05, 4.69) is 5.32 Å². The second-order valence-electron chi connectivity index (χ2n) is 14.9. The lowest BCUT2D eigenvalue weighted by Crippen LogP contribution is -2.66. The molecule has 2 aromatic carbocycles. The minimum absolute atomic E-state index is 0.163. The van der Waals surface area contributed by atoms with Gasteiger partial charge in [-0.3, -0.25) is 33.6 Å². The van der Waals surface area contributed by atoms with Crippen LogP contribution < -0.4 is 5.32 Å². The molecule has 2 heterocycles. The third-order valence-electron chi connectivity index (χ3n) is 9.43. The number of amides is 1. The first-order chi connectivity index (χ1) is 31.8. The van der Waals surface area contributed by atoms with Crippen LogP contribution in [-0.4, -0.2) is 135 Å². The number of esters is 8. The van der Waals surface area contributed by atoms with E-state index >= 15 is 0 Å². The van der Waals surface area contributed by atoms with Gasteiger partial charge in [-0.2, -0.15) is 0 Å². The van der Waals surface area contributed by atoms with Crippen LogP contribution in [0.25, 0.3) is 0 Å². The smallest absolute Gasteiger partial charge is 0.408 e. The maximum absolute atomic E-state index is 13.6. The van der Waals surface area contributed by atoms with Crippen LogP contribution >= 0.6 is 0 Å². The highest BCUT2D eigenvalue weighted by molar-refractivity contribution is 5.81. The zero-order chi connectivity index (χ0) is 49.2. The number of carbonyl (C=O) groups excluding carboxylic acids is 9. The zero-order valence-electron chi connectivity index (χ0n) is 37.7. The Morgan fingerprint density at radius 1 is 0.552 bits per heavy atom. The molecule has 2 aliphatic rings. The van der Waals surface area contributed by atoms with E-state index in [1.54, 1.807) is 60.7 Å². The topological polar surface area (TPSA) is 276 Å². The van der Waals surface area contributed by atoms with Crippen molar-refractivity contribution < 1.29 is 100.0 Å². The summed E-state index contributed by atoms with van der Waals surface area (Å²) in [5.74, 6) is -7.34. The molecule has 22 heteroatoms. The van der Waals surface area contributed by atoms with Gasteiger partial charge in [0.1, 0.15) is 44.7 Å². The van der Waals surface area contributed by atoms with Gasteiger partial charge in [0.15, 0.2) is 42.9 Å². The van der Waals surface area contributed by atoms with Gasteiger partial charge in [-0.15, -0.1) is 0 Å². The van der Waals surface area contributed by atoms with Gasteiger partial charge in [0.2, 0.25) is 0 Å². The molecule has 0 spiro atoms. The molecule has 2 aromatic rings. The van der Waals surface area contributed by atoms with E-state index in [9.17, 15) is 43.2 Å². The van der Waals surface area contributed by atoms with E-state index in [1.165, 1.54) is 0 Å². The number of ether oxygens (including phenoxy) is 12. The minimum atomic E-state index is -1.85. The quantitative estimate of drug-likeness (QED) is 0.113. The molecule has 4 rings (SSSR count). The van der Waals surface area contributed by atoms with Crippen LogP contribution in [-0.2, 0) is 108 Å². The lowest BCUT2D eigenvalue weighted by molar-refractivity contribution is -0.267. The van der Waals surface area contributed by atoms with Gasteiger partial charge in [-0.1, -0.05) is 60.7 Å². The fourth-order valence-electron chi connectivity index (χ4n) is 6.85. The normalized spacial score (nSPS) is 23.0. The Morgan fingerprint density at radius 3 is 1.58 bits per heavy atom. The molecule has 1 N–H and O–H groups in total. The average molecular weight is 944 g/mol. The van der Waals surface area contributed by atoms with Gasteiger partial charge >= 0.3 is 53.8 Å². The molecule has 0 aromatic heterocycles. The molecule has 2 aliphatic heterocycles. The summed E-state index contributed by atoms with van der Waals surface area (Å²) in [6.07, 6.45) is -14.9. The molecule has 10 atom stereocenters. The summed E-state index contributed by atoms with van der Waals surface area (Å²) in [6.45, 7) is 4.87. The molecule has 1 fully saturated rings. The minimum Gasteiger partial charge on any atom is -0.463 e. The molecular weight excluding hydrogens is 890 g/mol. The molecule has 22 nitrogen and oxygen atoms in total. The van der Waals surface area contributed by atoms with Crippen LogP contribution in [0.4, 0.5) is 4.79 Å². The van der Waals surface area contributed by atoms with Crippen LogP contribution in [0.2, 0.25) is 0 Å². The Morgan fingerprint density at radius 2 is 1.06 bits per heavy atom. The summed E-state index contributed by atoms with van der Waals surface area (Å²) < 4.78 is 68.0. The third kappa shape index (κ3) is 17.1. The fraction of sp³-hybridized carbons (Fsp3) is 0.489. The van der Waals surface area contributed by atoms with Gasteiger partial charge in [-0.25, -0.2) is 9.59 Å². The predicted molar refractivity (Wildman–Crippen MR) is 222 cm³/mol. The zero-order valence-corrected chi connectivity index (χ0v) is 37.7. The van der Waals surface area contributed by atoms with Crippen LogP contribution in [0, 0.1) is 0 Å². The molecule has 1 amide bonds. The molecule has 0 aliphatic carbocycles. The van der Waals surface area contributed by atoms with Crippen molar-refractivity contribution in [1.82, 2.24) is 5.32 Å². The standard InChI is InChI=1S/C45H53NO21/c1-24(47)56-22-35-38(61-26(3)49)33(39(62-27(4)50)41-43(65-30(7)53)42(64-29(6)52)40(63-28(5)51)36(67-41)23-57-25(2)48)18-37(66-35)58-21-34(44(54)59-19-31-14-10-8-11-15-31)46-45(55)60-20-32-16-12-9-13-17-32/h8-18,34-43H,19-23H2,1-7H3,(H,46,55)/t34-,35+,36+,37-,38+,39+,40-,41-,42-,43-/m0/s1. The number of alkyl carbamates (subject to hydrolysis) is 1. The van der Waals surface area contributed by atoms with Gasteiger partial charge in [0.25, 0.3) is 0 Å². The Balaban J connectivity index is 1.82. The largest absolute Gasteiger partial charge is 0.463 e. The lowest BCUT2D eigenvalue weighted by Gasteiger charge is -2.47. The van der Waals surface area contributed by atoms with Crippen molar-refractivity contribution in [3.63, 3.8) is 0 Å². The third-order valence-corrected chi connectivity index (χ3v) is 9.43. The summed E-state index contributed by atoms with van der Waals surface area (Å²) in [7, 11) is 0. The first-order valence-corrected chi connectivity index (χ1v) is 20.8. The van der Waals surface area contributed by atoms with Crippen molar-refractivity contribution >= 4 is 53.8 Å². The van der Waals surface area contributed by atoms with Crippen molar-refractivity contribution in [2.24, 2.45) is 0 Å². The monoisotopic (exact) mass is 943 g/mol. The molecule has 0 saturated carbocycles. The van der Waals surface area contributed by atoms with Crippen LogP contribution in [0.15, 0.2) is 72.3 Å². The number of carbonyl (C=O) groups is 9. The van der Waals surface area contributed by atoms with Gasteiger partial charge in [0, 0.05) is 54.0 Å². The Hall–Kier alpha value is -6.91. The van der Waals surface area contributed by atoms with E-state index in [0.29, 0.717) is 11.1 Å². The summed E-state index contributed by atoms with van der Waals surface area (Å²) >= 11 is 0. The van der Waals surface area contributed by atoms with E-state index in [4.69, 9.17) is 56.8 Å². The highest BCUT2D eigenvalue weighted by atomic mass is 16.7. The van der Waals surface area contributed by atoms with Crippen molar-refractivity contribution in [2.75, 3.05) is 19.8 Å². The van der Waals surface area contributed by atoms with E-state index in [-0.39, 0.29) is 18.8 Å². The maximum Gasteiger partial charge on any atom is 0.408 e. The Bertz CT molecular complexity index is 2090. The second kappa shape index (κ2) is 25.7. The summed E-state index contributed by atoms with van der Waals surface area (Å²) in [5.41, 5.74) is 1.04. The number of hydrogen-bond acceptors (Lipinski definition) is 21. The van der Waals surface area contributed by atoms with Gasteiger partial charge < -0.3 is 62.2 Å². The number of rotatable bonds is 20. The highest BCUT2D eigenvalue weighted by Crippen LogP contribution is 2.37. The van der Waals surface area contributed by atoms with E-state index in [1.807, 2.05) is 0 Å². The lowest BCUT2D eigenvalue weighted by atomic mass is 9.85. The molecule has 0 radical (unpaired) electrons. The summed E-state index contributed by atoms with van der Waals surface area (Å²) in [6, 6.07) is 15.7. The number of benzene rings is 2. The SMILES string of the molecule is CC(=O)OC[C@H]1O[C@@H]([C@H](OC(C)=O)C2=C[C@@H](OC[C@H](NC(=O)OCc3ccccc3)C(=O)OCc3ccccc3)O[C@H](COC(C)=O)[C@@H]2OC(C)=O)[C@H](OC(C)=O)[C@@H](OC(C)=O)[C@H]1OC(C)=O. The first-order valence-electron chi connectivity index (χ1n) is 20.8. The van der Waals surface area contributed by atoms with Crippen molar-refractivity contribution in [3.05, 3.63) is 83.4 Å². The van der Waals surface area contributed by atoms with Gasteiger partial charge in [-0.05, 0) is 17.2 Å². The average Bonchev–Trinajstić information content (AvgIpc) is 3.26. The van der Waals surface area contributed by atoms with Crippen molar-refractivity contribution in [1.29, 1.82) is 0 Å². The van der Waals surface area contributed by atoms with Crippen LogP contribution in [0.3, 0.4) is 0 Å². The first kappa shape index (κ1) is 52.7. The Labute approximate surface area is 384 Å². The highest BCUT2D eigenvalue weighted by Gasteiger charge is 2.57. The van der Waals surface area contributed by atoms with Gasteiger partial charge in [0.05, 0.1) is 6.61 Å². The predicted octanol–water partition coefficient (Wildman–Crippen LogP) is 2.24. The molecule has 67 heavy (non-hydrogen) atoms. The van der Waals surface area contributed by atoms with E-state index in [0.717, 1.165) is 54.5 Å². The summed E-state index contributed by atoms with van der Waals surface area (Å²) in [5, 5.41) is 2.42. The van der Waals surface area contributed by atoms with E-state index < -0.39 is 135 Å². The Kier molecular flexibility index (Phi) is 20.2. The number of nitrogens with one attached hydrogen (secondary N) is 1. The molecule has 364 valence electrons. The van der Waals surface area contributed by atoms with Crippen LogP contribution in [0.5, 0.6) is 0 Å². The number of hydrogen-bond donors (Lipinski definition) is 1. The maximum atomic E-state index is 13.6. The molecular formula is C45H53NO21. The summed E-state index contributed by atoms with van der Waals surface area (Å²) in [4.78, 5) is 115. The van der Waals surface area contributed by atoms with Crippen LogP contribution in [0.1, 0.15) is 59.6 Å². The fourth-order valence-corrected chi connectivity index (χ4v) is 6.85. The molecule has 0 unspecified atom stereocenters. The van der Waals surface area contributed by atoms with Crippen molar-refractivity contribution in [3.8, 4) is 0 Å². The second-order valence-corrected chi connectivity index (χ2v) is 14.9. The molecule has 0 bridgehead atoms. The molecule has 1 saturated heterocycles. The van der Waals surface area contributed by atoms with Crippen molar-refractivity contribution in [2.45, 2.75) is 123 Å².